The van der Waals surface area contributed by atoms with Crippen LogP contribution in [0, 0.1) is 5.82 Å². The molecule has 1 fully saturated rings. The van der Waals surface area contributed by atoms with Crippen molar-refractivity contribution in [1.29, 1.82) is 0 Å². The fourth-order valence-corrected chi connectivity index (χ4v) is 2.77. The minimum Gasteiger partial charge on any atom is -0.337 e. The van der Waals surface area contributed by atoms with E-state index in [0.29, 0.717) is 13.1 Å². The van der Waals surface area contributed by atoms with Gasteiger partial charge in [0.25, 0.3) is 0 Å². The third kappa shape index (κ3) is 4.29. The van der Waals surface area contributed by atoms with E-state index in [1.165, 1.54) is 12.1 Å². The van der Waals surface area contributed by atoms with E-state index in [9.17, 15) is 9.18 Å². The first kappa shape index (κ1) is 16.4. The number of carbonyl (C=O) groups excluding carboxylic acids is 1. The van der Waals surface area contributed by atoms with E-state index in [-0.39, 0.29) is 11.7 Å². The van der Waals surface area contributed by atoms with Crippen LogP contribution >= 0.6 is 0 Å². The Bertz CT molecular complexity index is 715. The smallest absolute Gasteiger partial charge is 0.246 e. The van der Waals surface area contributed by atoms with E-state index in [2.05, 4.69) is 10.00 Å². The molecule has 1 aromatic carbocycles. The van der Waals surface area contributed by atoms with Crippen LogP contribution in [0.15, 0.2) is 42.7 Å². The van der Waals surface area contributed by atoms with E-state index in [4.69, 9.17) is 0 Å². The number of aryl methyl sites for hydroxylation is 1. The molecule has 2 heterocycles. The lowest BCUT2D eigenvalue weighted by Crippen LogP contribution is -2.47. The molecule has 5 nitrogen and oxygen atoms in total. The Morgan fingerprint density at radius 3 is 2.54 bits per heavy atom. The van der Waals surface area contributed by atoms with Crippen molar-refractivity contribution in [3.8, 4) is 0 Å². The maximum atomic E-state index is 12.9. The molecule has 1 aromatic heterocycles. The van der Waals surface area contributed by atoms with Crippen molar-refractivity contribution in [2.24, 2.45) is 7.05 Å². The van der Waals surface area contributed by atoms with Crippen LogP contribution < -0.4 is 0 Å². The summed E-state index contributed by atoms with van der Waals surface area (Å²) in [5.74, 6) is -0.185. The van der Waals surface area contributed by atoms with Gasteiger partial charge in [-0.05, 0) is 23.8 Å². The van der Waals surface area contributed by atoms with Crippen molar-refractivity contribution in [2.75, 3.05) is 26.2 Å². The average molecular weight is 328 g/mol. The van der Waals surface area contributed by atoms with E-state index >= 15 is 0 Å². The third-order valence-electron chi connectivity index (χ3n) is 4.15. The van der Waals surface area contributed by atoms with Crippen molar-refractivity contribution in [1.82, 2.24) is 19.6 Å². The molecule has 24 heavy (non-hydrogen) atoms. The Labute approximate surface area is 141 Å². The second-order valence-corrected chi connectivity index (χ2v) is 6.01. The van der Waals surface area contributed by atoms with Gasteiger partial charge in [0.15, 0.2) is 0 Å². The second kappa shape index (κ2) is 7.40. The van der Waals surface area contributed by atoms with Crippen LogP contribution in [0.25, 0.3) is 6.08 Å². The summed E-state index contributed by atoms with van der Waals surface area (Å²) >= 11 is 0. The molecule has 0 aliphatic carbocycles. The van der Waals surface area contributed by atoms with E-state index in [1.54, 1.807) is 23.0 Å². The number of carbonyl (C=O) groups is 1. The number of aromatic nitrogens is 2. The highest BCUT2D eigenvalue weighted by Gasteiger charge is 2.19. The molecule has 0 saturated carbocycles. The summed E-state index contributed by atoms with van der Waals surface area (Å²) in [6.07, 6.45) is 6.99. The Kier molecular flexibility index (Phi) is 5.05. The number of hydrogen-bond donors (Lipinski definition) is 0. The van der Waals surface area contributed by atoms with Crippen LogP contribution in [-0.2, 0) is 18.4 Å². The maximum Gasteiger partial charge on any atom is 0.246 e. The zero-order chi connectivity index (χ0) is 16.9. The van der Waals surface area contributed by atoms with Gasteiger partial charge in [-0.2, -0.15) is 5.10 Å². The van der Waals surface area contributed by atoms with Crippen molar-refractivity contribution in [3.05, 3.63) is 59.7 Å². The minimum atomic E-state index is -0.213. The second-order valence-electron chi connectivity index (χ2n) is 6.01. The summed E-state index contributed by atoms with van der Waals surface area (Å²) in [5, 5.41) is 4.07. The summed E-state index contributed by atoms with van der Waals surface area (Å²) in [6, 6.07) is 6.59. The molecule has 2 aromatic rings. The van der Waals surface area contributed by atoms with Gasteiger partial charge in [0.2, 0.25) is 5.91 Å². The van der Waals surface area contributed by atoms with E-state index in [0.717, 1.165) is 30.8 Å². The first-order valence-corrected chi connectivity index (χ1v) is 8.02. The molecule has 0 unspecified atom stereocenters. The van der Waals surface area contributed by atoms with Gasteiger partial charge in [-0.25, -0.2) is 4.39 Å². The van der Waals surface area contributed by atoms with Gasteiger partial charge in [-0.3, -0.25) is 14.4 Å². The summed E-state index contributed by atoms with van der Waals surface area (Å²) < 4.78 is 14.6. The van der Waals surface area contributed by atoms with Crippen LogP contribution in [0.1, 0.15) is 11.1 Å². The first-order valence-electron chi connectivity index (χ1n) is 8.02. The van der Waals surface area contributed by atoms with Crippen molar-refractivity contribution < 1.29 is 9.18 Å². The first-order chi connectivity index (χ1) is 11.6. The molecule has 0 bridgehead atoms. The summed E-state index contributed by atoms with van der Waals surface area (Å²) in [7, 11) is 1.85. The molecule has 126 valence electrons. The zero-order valence-electron chi connectivity index (χ0n) is 13.7. The van der Waals surface area contributed by atoms with Gasteiger partial charge in [0, 0.05) is 57.6 Å². The van der Waals surface area contributed by atoms with Crippen LogP contribution in [0.3, 0.4) is 0 Å². The van der Waals surface area contributed by atoms with Crippen molar-refractivity contribution in [3.63, 3.8) is 0 Å². The fourth-order valence-electron chi connectivity index (χ4n) is 2.77. The van der Waals surface area contributed by atoms with Gasteiger partial charge in [0.1, 0.15) is 5.82 Å². The lowest BCUT2D eigenvalue weighted by atomic mass is 10.2. The molecule has 0 N–H and O–H groups in total. The monoisotopic (exact) mass is 328 g/mol. The van der Waals surface area contributed by atoms with E-state index < -0.39 is 0 Å². The number of benzene rings is 1. The number of hydrogen-bond acceptors (Lipinski definition) is 3. The number of amides is 1. The molecular weight excluding hydrogens is 307 g/mol. The topological polar surface area (TPSA) is 41.4 Å². The molecule has 0 atom stereocenters. The molecule has 0 radical (unpaired) electrons. The van der Waals surface area contributed by atoms with Gasteiger partial charge in [0.05, 0.1) is 6.20 Å². The standard InChI is InChI=1S/C18H21FN4O/c1-21-13-16(12-20-21)4-7-18(24)23-10-8-22(9-11-23)14-15-2-5-17(19)6-3-15/h2-7,12-13H,8-11,14H2,1H3/b7-4+. The minimum absolute atomic E-state index is 0.0280. The van der Waals surface area contributed by atoms with Gasteiger partial charge in [-0.15, -0.1) is 0 Å². The van der Waals surface area contributed by atoms with Crippen LogP contribution in [-0.4, -0.2) is 51.7 Å². The number of nitrogens with zero attached hydrogens (tertiary/aromatic N) is 4. The predicted molar refractivity (Wildman–Crippen MR) is 90.5 cm³/mol. The summed E-state index contributed by atoms with van der Waals surface area (Å²) in [5.41, 5.74) is 2.01. The highest BCUT2D eigenvalue weighted by atomic mass is 19.1. The molecule has 1 amide bonds. The average Bonchev–Trinajstić information content (AvgIpc) is 3.01. The molecule has 1 aliphatic heterocycles. The lowest BCUT2D eigenvalue weighted by molar-refractivity contribution is -0.127. The van der Waals surface area contributed by atoms with Crippen molar-refractivity contribution >= 4 is 12.0 Å². The van der Waals surface area contributed by atoms with E-state index in [1.807, 2.05) is 30.3 Å². The normalized spacial score (nSPS) is 16.0. The summed E-state index contributed by atoms with van der Waals surface area (Å²) in [6.45, 7) is 3.84. The van der Waals surface area contributed by atoms with Gasteiger partial charge >= 0.3 is 0 Å². The molecular formula is C18H21FN4O. The highest BCUT2D eigenvalue weighted by Crippen LogP contribution is 2.10. The van der Waals surface area contributed by atoms with Crippen LogP contribution in [0.2, 0.25) is 0 Å². The fraction of sp³-hybridized carbons (Fsp3) is 0.333. The highest BCUT2D eigenvalue weighted by molar-refractivity contribution is 5.91. The molecule has 1 saturated heterocycles. The van der Waals surface area contributed by atoms with Crippen LogP contribution in [0.4, 0.5) is 4.39 Å². The largest absolute Gasteiger partial charge is 0.337 e. The molecule has 6 heteroatoms. The van der Waals surface area contributed by atoms with Gasteiger partial charge in [-0.1, -0.05) is 12.1 Å². The Morgan fingerprint density at radius 2 is 1.92 bits per heavy atom. The number of rotatable bonds is 4. The molecule has 3 rings (SSSR count). The molecule has 1 aliphatic rings. The molecule has 0 spiro atoms. The third-order valence-corrected chi connectivity index (χ3v) is 4.15. The SMILES string of the molecule is Cn1cc(/C=C/C(=O)N2CCN(Cc3ccc(F)cc3)CC2)cn1. The lowest BCUT2D eigenvalue weighted by Gasteiger charge is -2.34. The van der Waals surface area contributed by atoms with Crippen molar-refractivity contribution in [2.45, 2.75) is 6.54 Å². The maximum absolute atomic E-state index is 12.9. The predicted octanol–water partition coefficient (Wildman–Crippen LogP) is 1.92. The Hall–Kier alpha value is -2.47. The van der Waals surface area contributed by atoms with Gasteiger partial charge < -0.3 is 4.90 Å². The zero-order valence-corrected chi connectivity index (χ0v) is 13.7. The quantitative estimate of drug-likeness (QED) is 0.805. The Morgan fingerprint density at radius 1 is 1.21 bits per heavy atom. The Balaban J connectivity index is 1.48. The summed E-state index contributed by atoms with van der Waals surface area (Å²) in [4.78, 5) is 16.4. The number of piperazine rings is 1. The van der Waals surface area contributed by atoms with Crippen LogP contribution in [0.5, 0.6) is 0 Å². The number of halogens is 1.